The first kappa shape index (κ1) is 29.2. The SMILES string of the molecule is CC(C)=CCC/C(C)=C/CC/C(C)=C/CC[C@](C)(O)/C=C/c1cc(OCc2ccccc2)ccc1O. The van der Waals surface area contributed by atoms with Gasteiger partial charge in [-0.2, -0.15) is 0 Å². The maximum absolute atomic E-state index is 10.8. The fourth-order valence-corrected chi connectivity index (χ4v) is 3.80. The molecule has 0 aromatic heterocycles. The zero-order valence-electron chi connectivity index (χ0n) is 22.8. The largest absolute Gasteiger partial charge is 0.507 e. The van der Waals surface area contributed by atoms with Gasteiger partial charge in [-0.3, -0.25) is 0 Å². The molecule has 0 amide bonds. The number of hydrogen-bond donors (Lipinski definition) is 2. The zero-order valence-corrected chi connectivity index (χ0v) is 22.8. The van der Waals surface area contributed by atoms with E-state index >= 15 is 0 Å². The van der Waals surface area contributed by atoms with Crippen molar-refractivity contribution in [3.63, 3.8) is 0 Å². The van der Waals surface area contributed by atoms with E-state index in [4.69, 9.17) is 4.74 Å². The zero-order chi connectivity index (χ0) is 26.4. The number of phenolic OH excluding ortho intramolecular Hbond substituents is 1. The molecule has 0 radical (unpaired) electrons. The molecule has 36 heavy (non-hydrogen) atoms. The first-order valence-electron chi connectivity index (χ1n) is 13.0. The molecule has 194 valence electrons. The van der Waals surface area contributed by atoms with Crippen LogP contribution in [-0.4, -0.2) is 15.8 Å². The van der Waals surface area contributed by atoms with Gasteiger partial charge >= 0.3 is 0 Å². The number of rotatable bonds is 14. The second-order valence-corrected chi connectivity index (χ2v) is 10.2. The number of phenols is 1. The third-order valence-electron chi connectivity index (χ3n) is 6.14. The van der Waals surface area contributed by atoms with Crippen molar-refractivity contribution in [1.82, 2.24) is 0 Å². The average molecular weight is 489 g/mol. The molecule has 3 nitrogen and oxygen atoms in total. The molecule has 0 aliphatic heterocycles. The molecule has 0 unspecified atom stereocenters. The van der Waals surface area contributed by atoms with Crippen LogP contribution >= 0.6 is 0 Å². The van der Waals surface area contributed by atoms with Crippen molar-refractivity contribution in [1.29, 1.82) is 0 Å². The Labute approximate surface area is 218 Å². The second kappa shape index (κ2) is 15.2. The van der Waals surface area contributed by atoms with Crippen molar-refractivity contribution in [2.75, 3.05) is 0 Å². The Morgan fingerprint density at radius 1 is 0.861 bits per heavy atom. The van der Waals surface area contributed by atoms with Crippen molar-refractivity contribution < 1.29 is 14.9 Å². The van der Waals surface area contributed by atoms with E-state index in [2.05, 4.69) is 45.9 Å². The highest BCUT2D eigenvalue weighted by atomic mass is 16.5. The first-order chi connectivity index (χ1) is 17.1. The predicted octanol–water partition coefficient (Wildman–Crippen LogP) is 8.93. The number of ether oxygens (including phenoxy) is 1. The van der Waals surface area contributed by atoms with Crippen LogP contribution < -0.4 is 4.74 Å². The van der Waals surface area contributed by atoms with Crippen molar-refractivity contribution in [2.45, 2.75) is 85.4 Å². The maximum atomic E-state index is 10.8. The summed E-state index contributed by atoms with van der Waals surface area (Å²) in [6.07, 6.45) is 16.1. The minimum absolute atomic E-state index is 0.161. The van der Waals surface area contributed by atoms with Gasteiger partial charge in [-0.1, -0.05) is 77.4 Å². The quantitative estimate of drug-likeness (QED) is 0.261. The van der Waals surface area contributed by atoms with Crippen LogP contribution in [0.3, 0.4) is 0 Å². The van der Waals surface area contributed by atoms with Crippen molar-refractivity contribution >= 4 is 6.08 Å². The highest BCUT2D eigenvalue weighted by Crippen LogP contribution is 2.27. The van der Waals surface area contributed by atoms with Gasteiger partial charge in [0.1, 0.15) is 18.1 Å². The van der Waals surface area contributed by atoms with E-state index in [-0.39, 0.29) is 5.75 Å². The lowest BCUT2D eigenvalue weighted by molar-refractivity contribution is 0.104. The Kier molecular flexibility index (Phi) is 12.3. The molecule has 2 N–H and O–H groups in total. The molecule has 0 aliphatic carbocycles. The molecule has 1 atom stereocenters. The fourth-order valence-electron chi connectivity index (χ4n) is 3.80. The number of aliphatic hydroxyl groups is 1. The average Bonchev–Trinajstić information content (AvgIpc) is 2.83. The van der Waals surface area contributed by atoms with Crippen LogP contribution in [0.4, 0.5) is 0 Å². The third-order valence-corrected chi connectivity index (χ3v) is 6.14. The monoisotopic (exact) mass is 488 g/mol. The van der Waals surface area contributed by atoms with Crippen LogP contribution in [0, 0.1) is 0 Å². The minimum Gasteiger partial charge on any atom is -0.507 e. The number of benzene rings is 2. The Morgan fingerprint density at radius 2 is 1.50 bits per heavy atom. The van der Waals surface area contributed by atoms with E-state index in [0.29, 0.717) is 24.3 Å². The first-order valence-corrected chi connectivity index (χ1v) is 13.0. The van der Waals surface area contributed by atoms with Gasteiger partial charge in [0.15, 0.2) is 0 Å². The summed E-state index contributed by atoms with van der Waals surface area (Å²) in [5.74, 6) is 0.838. The smallest absolute Gasteiger partial charge is 0.123 e. The van der Waals surface area contributed by atoms with E-state index in [1.165, 1.54) is 16.7 Å². The molecule has 0 fully saturated rings. The second-order valence-electron chi connectivity index (χ2n) is 10.2. The van der Waals surface area contributed by atoms with E-state index in [0.717, 1.165) is 37.7 Å². The molecule has 2 aromatic rings. The topological polar surface area (TPSA) is 49.7 Å². The van der Waals surface area contributed by atoms with Gasteiger partial charge in [-0.05, 0) is 96.9 Å². The normalized spacial score (nSPS) is 14.1. The Morgan fingerprint density at radius 3 is 2.17 bits per heavy atom. The molecule has 0 heterocycles. The fraction of sp³-hybridized carbons (Fsp3) is 0.394. The Hall–Kier alpha value is -3.04. The van der Waals surface area contributed by atoms with Gasteiger partial charge in [0, 0.05) is 5.56 Å². The summed E-state index contributed by atoms with van der Waals surface area (Å²) in [4.78, 5) is 0. The van der Waals surface area contributed by atoms with Gasteiger partial charge < -0.3 is 14.9 Å². The molecule has 3 heteroatoms. The lowest BCUT2D eigenvalue weighted by Crippen LogP contribution is -2.19. The Balaban J connectivity index is 1.83. The van der Waals surface area contributed by atoms with Gasteiger partial charge in [0.25, 0.3) is 0 Å². The van der Waals surface area contributed by atoms with E-state index < -0.39 is 5.60 Å². The molecular formula is C33H44O3. The van der Waals surface area contributed by atoms with Crippen LogP contribution in [0.2, 0.25) is 0 Å². The molecule has 0 bridgehead atoms. The van der Waals surface area contributed by atoms with E-state index in [1.54, 1.807) is 37.3 Å². The van der Waals surface area contributed by atoms with Crippen LogP contribution in [0.5, 0.6) is 11.5 Å². The summed E-state index contributed by atoms with van der Waals surface area (Å²) in [5.41, 5.74) is 4.92. The third kappa shape index (κ3) is 12.1. The lowest BCUT2D eigenvalue weighted by atomic mass is 9.97. The summed E-state index contributed by atoms with van der Waals surface area (Å²) in [5, 5.41) is 21.1. The van der Waals surface area contributed by atoms with Crippen LogP contribution in [0.15, 0.2) is 89.6 Å². The molecule has 2 aromatic carbocycles. The summed E-state index contributed by atoms with van der Waals surface area (Å²) < 4.78 is 5.86. The summed E-state index contributed by atoms with van der Waals surface area (Å²) in [6.45, 7) is 10.9. The van der Waals surface area contributed by atoms with Crippen molar-refractivity contribution in [3.05, 3.63) is 101 Å². The molecule has 0 saturated heterocycles. The molecular weight excluding hydrogens is 444 g/mol. The van der Waals surface area contributed by atoms with E-state index in [1.807, 2.05) is 30.3 Å². The molecule has 0 aliphatic rings. The van der Waals surface area contributed by atoms with Gasteiger partial charge in [0.2, 0.25) is 0 Å². The van der Waals surface area contributed by atoms with Crippen molar-refractivity contribution in [3.8, 4) is 11.5 Å². The predicted molar refractivity (Wildman–Crippen MR) is 153 cm³/mol. The van der Waals surface area contributed by atoms with Crippen LogP contribution in [0.1, 0.15) is 84.3 Å². The highest BCUT2D eigenvalue weighted by Gasteiger charge is 2.15. The van der Waals surface area contributed by atoms with Crippen LogP contribution in [0.25, 0.3) is 6.08 Å². The summed E-state index contributed by atoms with van der Waals surface area (Å²) in [6, 6.07) is 15.1. The van der Waals surface area contributed by atoms with Gasteiger partial charge in [0.05, 0.1) is 5.60 Å². The maximum Gasteiger partial charge on any atom is 0.123 e. The number of hydrogen-bond acceptors (Lipinski definition) is 3. The molecule has 0 saturated carbocycles. The highest BCUT2D eigenvalue weighted by molar-refractivity contribution is 5.59. The van der Waals surface area contributed by atoms with Crippen LogP contribution in [-0.2, 0) is 6.61 Å². The van der Waals surface area contributed by atoms with Gasteiger partial charge in [-0.25, -0.2) is 0 Å². The molecule has 0 spiro atoms. The standard InChI is InChI=1S/C33H44O3/c1-26(2)12-9-13-27(3)14-10-15-28(4)16-11-22-33(5,35)23-21-30-24-31(19-20-32(30)34)36-25-29-17-7-6-8-18-29/h6-8,12,14,16-21,23-24,34-35H,9-11,13,15,22,25H2,1-5H3/b23-21+,27-14+,28-16+/t33-/m0/s1. The molecule has 2 rings (SSSR count). The number of allylic oxidation sites excluding steroid dienone is 6. The summed E-state index contributed by atoms with van der Waals surface area (Å²) >= 11 is 0. The minimum atomic E-state index is -0.967. The summed E-state index contributed by atoms with van der Waals surface area (Å²) in [7, 11) is 0. The lowest BCUT2D eigenvalue weighted by Gasteiger charge is -2.18. The van der Waals surface area contributed by atoms with E-state index in [9.17, 15) is 10.2 Å². The van der Waals surface area contributed by atoms with Crippen molar-refractivity contribution in [2.24, 2.45) is 0 Å². The van der Waals surface area contributed by atoms with Gasteiger partial charge in [-0.15, -0.1) is 0 Å². The Bertz CT molecular complexity index is 1050. The number of aromatic hydroxyl groups is 1.